The molecular formula is C15H14N4O3S. The van der Waals surface area contributed by atoms with Gasteiger partial charge in [-0.05, 0) is 25.0 Å². The van der Waals surface area contributed by atoms with E-state index in [1.54, 1.807) is 25.3 Å². The van der Waals surface area contributed by atoms with E-state index in [2.05, 4.69) is 20.9 Å². The van der Waals surface area contributed by atoms with Gasteiger partial charge in [0.2, 0.25) is 0 Å². The summed E-state index contributed by atoms with van der Waals surface area (Å²) in [4.78, 5) is 2.97. The fraction of sp³-hybridized carbons (Fsp3) is 0.200. The summed E-state index contributed by atoms with van der Waals surface area (Å²) in [5.41, 5.74) is 2.66. The number of benzene rings is 1. The Morgan fingerprint density at radius 2 is 2.22 bits per heavy atom. The van der Waals surface area contributed by atoms with Gasteiger partial charge in [0.15, 0.2) is 0 Å². The highest BCUT2D eigenvalue weighted by Crippen LogP contribution is 2.30. The normalized spacial score (nSPS) is 11.5. The minimum atomic E-state index is -3.82. The molecule has 0 aliphatic heterocycles. The molecule has 0 bridgehead atoms. The Hall–Kier alpha value is -2.79. The Labute approximate surface area is 133 Å². The Bertz CT molecular complexity index is 1020. The molecule has 0 saturated heterocycles. The zero-order chi connectivity index (χ0) is 16.6. The number of hydrogen-bond acceptors (Lipinski definition) is 5. The summed E-state index contributed by atoms with van der Waals surface area (Å²) >= 11 is 0. The summed E-state index contributed by atoms with van der Waals surface area (Å²) in [6.45, 7) is 3.66. The van der Waals surface area contributed by atoms with E-state index in [1.807, 2.05) is 6.92 Å². The number of rotatable bonds is 4. The predicted molar refractivity (Wildman–Crippen MR) is 84.4 cm³/mol. The van der Waals surface area contributed by atoms with Crippen LogP contribution in [-0.4, -0.2) is 18.6 Å². The van der Waals surface area contributed by atoms with E-state index in [0.29, 0.717) is 34.3 Å². The van der Waals surface area contributed by atoms with E-state index in [-0.39, 0.29) is 4.90 Å². The van der Waals surface area contributed by atoms with Crippen LogP contribution >= 0.6 is 0 Å². The first-order chi connectivity index (χ1) is 11.0. The Morgan fingerprint density at radius 3 is 2.91 bits per heavy atom. The molecular weight excluding hydrogens is 316 g/mol. The van der Waals surface area contributed by atoms with Crippen LogP contribution in [0.4, 0.5) is 5.69 Å². The molecule has 0 unspecified atom stereocenters. The number of hydrogen-bond donors (Lipinski definition) is 2. The van der Waals surface area contributed by atoms with Crippen molar-refractivity contribution >= 4 is 26.6 Å². The molecule has 0 amide bonds. The van der Waals surface area contributed by atoms with Gasteiger partial charge in [0.1, 0.15) is 22.9 Å². The van der Waals surface area contributed by atoms with E-state index in [4.69, 9.17) is 9.78 Å². The van der Waals surface area contributed by atoms with Crippen molar-refractivity contribution < 1.29 is 12.9 Å². The van der Waals surface area contributed by atoms with Gasteiger partial charge in [0, 0.05) is 11.6 Å². The number of aryl methyl sites for hydroxylation is 2. The zero-order valence-electron chi connectivity index (χ0n) is 12.5. The molecule has 1 aromatic carbocycles. The maximum Gasteiger partial charge on any atom is 0.267 e. The average Bonchev–Trinajstić information content (AvgIpc) is 3.16. The fourth-order valence-electron chi connectivity index (χ4n) is 2.50. The first-order valence-corrected chi connectivity index (χ1v) is 8.43. The third-order valence-electron chi connectivity index (χ3n) is 3.64. The van der Waals surface area contributed by atoms with Crippen LogP contribution in [0.5, 0.6) is 0 Å². The third-order valence-corrected chi connectivity index (χ3v) is 5.04. The van der Waals surface area contributed by atoms with E-state index in [0.717, 1.165) is 11.8 Å². The smallest absolute Gasteiger partial charge is 0.267 e. The molecule has 23 heavy (non-hydrogen) atoms. The van der Waals surface area contributed by atoms with Crippen molar-refractivity contribution in [3.63, 3.8) is 0 Å². The summed E-state index contributed by atoms with van der Waals surface area (Å²) < 4.78 is 32.4. The van der Waals surface area contributed by atoms with Crippen molar-refractivity contribution in [2.45, 2.75) is 25.2 Å². The minimum absolute atomic E-state index is 0.0146. The molecule has 118 valence electrons. The number of sulfonamides is 1. The van der Waals surface area contributed by atoms with Crippen molar-refractivity contribution in [3.8, 4) is 6.07 Å². The zero-order valence-corrected chi connectivity index (χ0v) is 13.4. The first kappa shape index (κ1) is 15.1. The van der Waals surface area contributed by atoms with E-state index >= 15 is 0 Å². The van der Waals surface area contributed by atoms with Crippen LogP contribution in [0.3, 0.4) is 0 Å². The molecule has 3 rings (SSSR count). The van der Waals surface area contributed by atoms with Gasteiger partial charge in [-0.25, -0.2) is 8.42 Å². The number of aromatic nitrogens is 2. The number of aromatic amines is 1. The summed E-state index contributed by atoms with van der Waals surface area (Å²) in [6.07, 6.45) is 3.12. The highest BCUT2D eigenvalue weighted by molar-refractivity contribution is 7.92. The number of fused-ring (bicyclic) bond motifs is 1. The fourth-order valence-corrected chi connectivity index (χ4v) is 3.73. The van der Waals surface area contributed by atoms with E-state index in [9.17, 15) is 8.42 Å². The molecule has 0 aliphatic rings. The summed E-state index contributed by atoms with van der Waals surface area (Å²) in [6, 6.07) is 5.52. The van der Waals surface area contributed by atoms with E-state index < -0.39 is 10.0 Å². The number of nitriles is 1. The summed E-state index contributed by atoms with van der Waals surface area (Å²) in [7, 11) is -3.82. The second-order valence-electron chi connectivity index (χ2n) is 5.08. The number of anilines is 1. The van der Waals surface area contributed by atoms with Crippen LogP contribution in [0, 0.1) is 18.3 Å². The lowest BCUT2D eigenvalue weighted by Gasteiger charge is -2.09. The molecule has 2 aromatic heterocycles. The predicted octanol–water partition coefficient (Wildman–Crippen LogP) is 2.70. The molecule has 0 fully saturated rings. The third kappa shape index (κ3) is 2.45. The van der Waals surface area contributed by atoms with Crippen LogP contribution < -0.4 is 4.72 Å². The van der Waals surface area contributed by atoms with Crippen LogP contribution in [0.2, 0.25) is 0 Å². The highest BCUT2D eigenvalue weighted by Gasteiger charge is 2.23. The Balaban J connectivity index is 2.11. The molecule has 0 atom stereocenters. The lowest BCUT2D eigenvalue weighted by Crippen LogP contribution is -2.14. The molecule has 2 heterocycles. The molecule has 7 nitrogen and oxygen atoms in total. The van der Waals surface area contributed by atoms with Gasteiger partial charge in [-0.15, -0.1) is 0 Å². The standard InChI is InChI=1S/C15H14N4O3S/c1-3-11-13(8-22-18-11)23(20,21)19-12-5-4-9(2)14-10(6-16)7-17-15(12)14/h4-5,7-8,17,19H,3H2,1-2H3. The molecule has 0 spiro atoms. The molecule has 0 radical (unpaired) electrons. The van der Waals surface area contributed by atoms with Crippen LogP contribution in [0.15, 0.2) is 34.0 Å². The van der Waals surface area contributed by atoms with Gasteiger partial charge >= 0.3 is 0 Å². The van der Waals surface area contributed by atoms with Crippen LogP contribution in [0.1, 0.15) is 23.7 Å². The van der Waals surface area contributed by atoms with Gasteiger partial charge in [-0.1, -0.05) is 18.1 Å². The van der Waals surface area contributed by atoms with Crippen molar-refractivity contribution in [1.29, 1.82) is 5.26 Å². The Kier molecular flexibility index (Phi) is 3.58. The molecule has 8 heteroatoms. The summed E-state index contributed by atoms with van der Waals surface area (Å²) in [5.74, 6) is 0. The molecule has 2 N–H and O–H groups in total. The van der Waals surface area contributed by atoms with Gasteiger partial charge in [-0.2, -0.15) is 5.26 Å². The van der Waals surface area contributed by atoms with Gasteiger partial charge in [0.25, 0.3) is 10.0 Å². The van der Waals surface area contributed by atoms with Gasteiger partial charge < -0.3 is 9.51 Å². The number of nitrogens with zero attached hydrogens (tertiary/aromatic N) is 2. The van der Waals surface area contributed by atoms with Crippen molar-refractivity contribution in [2.75, 3.05) is 4.72 Å². The monoisotopic (exact) mass is 330 g/mol. The average molecular weight is 330 g/mol. The quantitative estimate of drug-likeness (QED) is 0.764. The maximum atomic E-state index is 12.6. The molecule has 0 saturated carbocycles. The second kappa shape index (κ2) is 5.44. The molecule has 3 aromatic rings. The Morgan fingerprint density at radius 1 is 1.43 bits per heavy atom. The summed E-state index contributed by atoms with van der Waals surface area (Å²) in [5, 5.41) is 13.6. The van der Waals surface area contributed by atoms with Gasteiger partial charge in [0.05, 0.1) is 16.8 Å². The van der Waals surface area contributed by atoms with Crippen molar-refractivity contribution in [2.24, 2.45) is 0 Å². The van der Waals surface area contributed by atoms with Crippen molar-refractivity contribution in [3.05, 3.63) is 41.4 Å². The van der Waals surface area contributed by atoms with Crippen LogP contribution in [0.25, 0.3) is 10.9 Å². The topological polar surface area (TPSA) is 112 Å². The van der Waals surface area contributed by atoms with Gasteiger partial charge in [-0.3, -0.25) is 4.72 Å². The maximum absolute atomic E-state index is 12.6. The SMILES string of the molecule is CCc1nocc1S(=O)(=O)Nc1ccc(C)c2c(C#N)c[nH]c12. The van der Waals surface area contributed by atoms with Crippen LogP contribution in [-0.2, 0) is 16.4 Å². The lowest BCUT2D eigenvalue weighted by atomic mass is 10.1. The largest absolute Gasteiger partial charge is 0.363 e. The second-order valence-corrected chi connectivity index (χ2v) is 6.73. The lowest BCUT2D eigenvalue weighted by molar-refractivity contribution is 0.411. The number of nitrogens with one attached hydrogen (secondary N) is 2. The van der Waals surface area contributed by atoms with E-state index in [1.165, 1.54) is 0 Å². The highest BCUT2D eigenvalue weighted by atomic mass is 32.2. The first-order valence-electron chi connectivity index (χ1n) is 6.94. The molecule has 0 aliphatic carbocycles. The number of H-pyrrole nitrogens is 1. The van der Waals surface area contributed by atoms with Crippen molar-refractivity contribution in [1.82, 2.24) is 10.1 Å². The minimum Gasteiger partial charge on any atom is -0.363 e.